The van der Waals surface area contributed by atoms with Gasteiger partial charge in [0.2, 0.25) is 0 Å². The van der Waals surface area contributed by atoms with Gasteiger partial charge in [-0.2, -0.15) is 8.42 Å². The molecule has 0 fully saturated rings. The first kappa shape index (κ1) is 18.1. The summed E-state index contributed by atoms with van der Waals surface area (Å²) >= 11 is 5.98. The van der Waals surface area contributed by atoms with Crippen molar-refractivity contribution in [3.8, 4) is 11.1 Å². The zero-order valence-electron chi connectivity index (χ0n) is 13.4. The van der Waals surface area contributed by atoms with Crippen LogP contribution in [0.2, 0.25) is 5.02 Å². The normalized spacial score (nSPS) is 11.2. The van der Waals surface area contributed by atoms with E-state index in [0.29, 0.717) is 5.56 Å². The number of hydrogen-bond donors (Lipinski definition) is 2. The van der Waals surface area contributed by atoms with E-state index in [9.17, 15) is 13.2 Å². The second-order valence-electron chi connectivity index (χ2n) is 5.51. The van der Waals surface area contributed by atoms with E-state index >= 15 is 0 Å². The number of amides is 1. The third-order valence-corrected chi connectivity index (χ3v) is 4.90. The molecule has 0 aliphatic carbocycles. The summed E-state index contributed by atoms with van der Waals surface area (Å²) in [4.78, 5) is 12.0. The summed E-state index contributed by atoms with van der Waals surface area (Å²) in [5, 5.41) is 2.63. The maximum absolute atomic E-state index is 12.4. The van der Waals surface area contributed by atoms with Crippen molar-refractivity contribution in [2.24, 2.45) is 0 Å². The molecule has 0 aromatic heterocycles. The van der Waals surface area contributed by atoms with Crippen molar-refractivity contribution in [2.75, 3.05) is 5.32 Å². The van der Waals surface area contributed by atoms with Gasteiger partial charge in [-0.05, 0) is 41.5 Å². The monoisotopic (exact) mass is 387 g/mol. The largest absolute Gasteiger partial charge is 0.321 e. The van der Waals surface area contributed by atoms with Crippen LogP contribution in [0.5, 0.6) is 0 Å². The van der Waals surface area contributed by atoms with Crippen LogP contribution >= 0.6 is 11.6 Å². The van der Waals surface area contributed by atoms with Gasteiger partial charge in [0.15, 0.2) is 0 Å². The predicted molar refractivity (Wildman–Crippen MR) is 101 cm³/mol. The van der Waals surface area contributed by atoms with E-state index < -0.39 is 10.1 Å². The number of carbonyl (C=O) groups is 1. The fraction of sp³-hybridized carbons (Fsp3) is 0. The molecule has 0 aliphatic rings. The third-order valence-electron chi connectivity index (χ3n) is 3.74. The summed E-state index contributed by atoms with van der Waals surface area (Å²) in [5.41, 5.74) is 2.71. The molecule has 132 valence electrons. The number of nitrogens with one attached hydrogen (secondary N) is 1. The first-order valence-corrected chi connectivity index (χ1v) is 9.40. The minimum atomic E-state index is -4.35. The van der Waals surface area contributed by atoms with Crippen LogP contribution < -0.4 is 5.32 Å². The third kappa shape index (κ3) is 4.11. The Morgan fingerprint density at radius 2 is 1.50 bits per heavy atom. The van der Waals surface area contributed by atoms with Gasteiger partial charge in [0.25, 0.3) is 16.0 Å². The number of anilines is 1. The molecule has 7 heteroatoms. The Morgan fingerprint density at radius 1 is 0.885 bits per heavy atom. The Kier molecular flexibility index (Phi) is 5.08. The van der Waals surface area contributed by atoms with Crippen molar-refractivity contribution < 1.29 is 17.8 Å². The summed E-state index contributed by atoms with van der Waals surface area (Å²) in [6.07, 6.45) is 0. The molecule has 0 spiro atoms. The fourth-order valence-corrected chi connectivity index (χ4v) is 3.20. The highest BCUT2D eigenvalue weighted by atomic mass is 35.5. The number of hydrogen-bond acceptors (Lipinski definition) is 3. The summed E-state index contributed by atoms with van der Waals surface area (Å²) in [6.45, 7) is 0. The van der Waals surface area contributed by atoms with Crippen LogP contribution in [0, 0.1) is 0 Å². The first-order valence-electron chi connectivity index (χ1n) is 7.58. The van der Waals surface area contributed by atoms with Crippen LogP contribution in [0.25, 0.3) is 11.1 Å². The standard InChI is InChI=1S/C19H14ClNO4S/c20-17-12-16(26(23,24)25)10-11-18(17)21-19(22)15-8-6-14(7-9-15)13-4-2-1-3-5-13/h1-12H,(H,21,22)(H,23,24,25). The lowest BCUT2D eigenvalue weighted by atomic mass is 10.0. The van der Waals surface area contributed by atoms with Gasteiger partial charge < -0.3 is 5.32 Å². The molecule has 3 aromatic rings. The van der Waals surface area contributed by atoms with Crippen LogP contribution in [0.15, 0.2) is 77.7 Å². The van der Waals surface area contributed by atoms with Gasteiger partial charge in [-0.3, -0.25) is 9.35 Å². The highest BCUT2D eigenvalue weighted by Crippen LogP contribution is 2.26. The fourth-order valence-electron chi connectivity index (χ4n) is 2.40. The van der Waals surface area contributed by atoms with Gasteiger partial charge in [0.1, 0.15) is 0 Å². The minimum Gasteiger partial charge on any atom is -0.321 e. The molecule has 5 nitrogen and oxygen atoms in total. The zero-order chi connectivity index (χ0) is 18.7. The molecule has 2 N–H and O–H groups in total. The quantitative estimate of drug-likeness (QED) is 0.645. The molecular formula is C19H14ClNO4S. The Bertz CT molecular complexity index is 1050. The van der Waals surface area contributed by atoms with E-state index in [1.54, 1.807) is 12.1 Å². The molecule has 0 saturated heterocycles. The molecule has 0 heterocycles. The topological polar surface area (TPSA) is 83.5 Å². The number of benzene rings is 3. The van der Waals surface area contributed by atoms with Crippen LogP contribution in [-0.2, 0) is 10.1 Å². The van der Waals surface area contributed by atoms with Crippen molar-refractivity contribution in [1.29, 1.82) is 0 Å². The van der Waals surface area contributed by atoms with Crippen molar-refractivity contribution >= 4 is 33.3 Å². The van der Waals surface area contributed by atoms with Crippen molar-refractivity contribution in [3.63, 3.8) is 0 Å². The van der Waals surface area contributed by atoms with Gasteiger partial charge in [-0.15, -0.1) is 0 Å². The number of halogens is 1. The average Bonchev–Trinajstić information content (AvgIpc) is 2.63. The Balaban J connectivity index is 1.78. The van der Waals surface area contributed by atoms with Gasteiger partial charge in [-0.25, -0.2) is 0 Å². The highest BCUT2D eigenvalue weighted by molar-refractivity contribution is 7.85. The molecular weight excluding hydrogens is 374 g/mol. The Hall–Kier alpha value is -2.67. The summed E-state index contributed by atoms with van der Waals surface area (Å²) in [5.74, 6) is -0.383. The van der Waals surface area contributed by atoms with E-state index in [4.69, 9.17) is 16.2 Å². The van der Waals surface area contributed by atoms with E-state index in [0.717, 1.165) is 23.3 Å². The van der Waals surface area contributed by atoms with Crippen LogP contribution in [0.4, 0.5) is 5.69 Å². The molecule has 0 atom stereocenters. The summed E-state index contributed by atoms with van der Waals surface area (Å²) < 4.78 is 31.2. The predicted octanol–water partition coefficient (Wildman–Crippen LogP) is 4.51. The van der Waals surface area contributed by atoms with E-state index in [1.165, 1.54) is 6.07 Å². The molecule has 0 saturated carbocycles. The van der Waals surface area contributed by atoms with Crippen molar-refractivity contribution in [2.45, 2.75) is 4.90 Å². The smallest absolute Gasteiger partial charge is 0.294 e. The van der Waals surface area contributed by atoms with Gasteiger partial charge in [0, 0.05) is 5.56 Å². The van der Waals surface area contributed by atoms with Crippen LogP contribution in [-0.4, -0.2) is 18.9 Å². The van der Waals surface area contributed by atoms with E-state index in [-0.39, 0.29) is 21.5 Å². The molecule has 0 bridgehead atoms. The van der Waals surface area contributed by atoms with Crippen molar-refractivity contribution in [3.05, 3.63) is 83.4 Å². The van der Waals surface area contributed by atoms with Gasteiger partial charge in [-0.1, -0.05) is 54.1 Å². The maximum atomic E-state index is 12.4. The minimum absolute atomic E-state index is 0.00869. The molecule has 26 heavy (non-hydrogen) atoms. The van der Waals surface area contributed by atoms with Crippen molar-refractivity contribution in [1.82, 2.24) is 0 Å². The lowest BCUT2D eigenvalue weighted by molar-refractivity contribution is 0.102. The Morgan fingerprint density at radius 3 is 2.08 bits per heavy atom. The van der Waals surface area contributed by atoms with E-state index in [2.05, 4.69) is 5.32 Å². The maximum Gasteiger partial charge on any atom is 0.294 e. The SMILES string of the molecule is O=C(Nc1ccc(S(=O)(=O)O)cc1Cl)c1ccc(-c2ccccc2)cc1. The second-order valence-corrected chi connectivity index (χ2v) is 7.34. The number of carbonyl (C=O) groups excluding carboxylic acids is 1. The van der Waals surface area contributed by atoms with Gasteiger partial charge >= 0.3 is 0 Å². The van der Waals surface area contributed by atoms with Crippen LogP contribution in [0.3, 0.4) is 0 Å². The number of rotatable bonds is 4. The average molecular weight is 388 g/mol. The summed E-state index contributed by atoms with van der Waals surface area (Å²) in [7, 11) is -4.35. The molecule has 3 rings (SSSR count). The lowest BCUT2D eigenvalue weighted by Crippen LogP contribution is -2.12. The molecule has 0 radical (unpaired) electrons. The van der Waals surface area contributed by atoms with Crippen LogP contribution in [0.1, 0.15) is 10.4 Å². The lowest BCUT2D eigenvalue weighted by Gasteiger charge is -2.09. The first-order chi connectivity index (χ1) is 12.3. The Labute approximate surface area is 156 Å². The molecule has 1 amide bonds. The second kappa shape index (κ2) is 7.29. The zero-order valence-corrected chi connectivity index (χ0v) is 15.0. The molecule has 3 aromatic carbocycles. The molecule has 0 aliphatic heterocycles. The molecule has 0 unspecified atom stereocenters. The highest BCUT2D eigenvalue weighted by Gasteiger charge is 2.14. The van der Waals surface area contributed by atoms with Gasteiger partial charge in [0.05, 0.1) is 15.6 Å². The summed E-state index contributed by atoms with van der Waals surface area (Å²) in [6, 6.07) is 20.4. The van der Waals surface area contributed by atoms with E-state index in [1.807, 2.05) is 42.5 Å².